The lowest BCUT2D eigenvalue weighted by Crippen LogP contribution is -2.43. The van der Waals surface area contributed by atoms with Gasteiger partial charge in [-0.05, 0) is 283 Å². The van der Waals surface area contributed by atoms with E-state index < -0.39 is 5.67 Å². The fourth-order valence-corrected chi connectivity index (χ4v) is 20.2. The fraction of sp³-hybridized carbons (Fsp3) is 0.339. The molecule has 734 valence electrons. The Morgan fingerprint density at radius 2 is 0.889 bits per heavy atom. The number of benzene rings is 7. The molecule has 13 heterocycles. The summed E-state index contributed by atoms with van der Waals surface area (Å²) in [5.41, 5.74) is 18.2. The summed E-state index contributed by atoms with van der Waals surface area (Å²) in [4.78, 5) is 132. The first-order valence-corrected chi connectivity index (χ1v) is 50.2. The fourth-order valence-electron chi connectivity index (χ4n) is 20.2. The molecule has 0 radical (unpaired) electrons. The number of hydrogen-bond acceptors (Lipinski definition) is 16. The minimum Gasteiger partial charge on any atom is -0.379 e. The van der Waals surface area contributed by atoms with Crippen molar-refractivity contribution in [1.29, 1.82) is 0 Å². The molecule has 0 aliphatic carbocycles. The minimum absolute atomic E-state index is 0.00721. The number of alkyl halides is 1. The Morgan fingerprint density at radius 1 is 0.417 bits per heavy atom. The zero-order chi connectivity index (χ0) is 100. The molecule has 26 heteroatoms. The number of aromatic nitrogens is 6. The summed E-state index contributed by atoms with van der Waals surface area (Å²) in [6, 6.07) is 58.9. The number of amides is 8. The molecule has 5 N–H and O–H groups in total. The second-order valence-electron chi connectivity index (χ2n) is 38.5. The maximum absolute atomic E-state index is 15.6. The van der Waals surface area contributed by atoms with E-state index in [1.165, 1.54) is 55.2 Å². The second kappa shape index (κ2) is 46.3. The van der Waals surface area contributed by atoms with E-state index in [2.05, 4.69) is 134 Å². The number of aryl methyl sites for hydroxylation is 4. The normalized spacial score (nSPS) is 16.8. The highest BCUT2D eigenvalue weighted by Crippen LogP contribution is 2.40. The average Bonchev–Trinajstić information content (AvgIpc) is 1.72. The largest absolute Gasteiger partial charge is 0.379 e. The molecule has 1 atom stereocenters. The van der Waals surface area contributed by atoms with E-state index in [9.17, 15) is 33.6 Å². The number of H-pyrrole nitrogens is 1. The number of likely N-dealkylation sites (tertiary alicyclic amines) is 4. The number of aromatic amines is 1. The van der Waals surface area contributed by atoms with Gasteiger partial charge in [-0.3, -0.25) is 33.8 Å². The third kappa shape index (κ3) is 24.3. The third-order valence-corrected chi connectivity index (χ3v) is 29.1. The zero-order valence-electron chi connectivity index (χ0n) is 82.3. The molecule has 0 saturated carbocycles. The summed E-state index contributed by atoms with van der Waals surface area (Å²) in [6.45, 7) is 19.8. The number of urea groups is 1. The molecule has 0 bridgehead atoms. The Kier molecular flexibility index (Phi) is 32.1. The summed E-state index contributed by atoms with van der Waals surface area (Å²) in [6.07, 6.45) is 42.6. The third-order valence-electron chi connectivity index (χ3n) is 29.1. The smallest absolute Gasteiger partial charge is 0.319 e. The van der Waals surface area contributed by atoms with Gasteiger partial charge in [-0.2, -0.15) is 0 Å². The number of nitrogens with one attached hydrogen (secondary N) is 5. The van der Waals surface area contributed by atoms with Gasteiger partial charge in [-0.1, -0.05) is 90.4 Å². The first-order valence-electron chi connectivity index (χ1n) is 50.2. The van der Waals surface area contributed by atoms with Gasteiger partial charge in [0.05, 0.1) is 70.6 Å². The van der Waals surface area contributed by atoms with Crippen molar-refractivity contribution in [3.63, 3.8) is 0 Å². The molecule has 144 heavy (non-hydrogen) atoms. The van der Waals surface area contributed by atoms with Crippen LogP contribution in [0.1, 0.15) is 243 Å². The molecule has 0 spiro atoms. The number of ether oxygens (including phenoxy) is 1. The Morgan fingerprint density at radius 3 is 1.39 bits per heavy atom. The number of pyridine rings is 4. The molecule has 8 aliphatic heterocycles. The predicted molar refractivity (Wildman–Crippen MR) is 565 cm³/mol. The molecule has 20 rings (SSSR count). The SMILES string of the molecule is C#Cc1ccc(C2(F)CCN(C(=O)c3ccc(C)c(NC(=O)N[C@@H]4CCOC4)c3)CC2)cc1.C#Cc1ccc(C2CCN(C(=O)c3ccc(C)c(-c4nc5cc(N6CCCC6)ncc5[nH]4)c3)CC2)cc1.C#Cc1ccc(C2CCN(C(=O)c3ccc(C)c(C(=O)Nc4ccc(N5CCCC5)nc4)c3)CC2)cc1.C#Cc1ccc(C2CCN(C(=O)c3cnc(C)c(NC(=O)c4ccc(N5CCCC5)cn4)c3)CC2)cc1. The number of anilines is 6. The van der Waals surface area contributed by atoms with Crippen LogP contribution in [0.25, 0.3) is 22.4 Å². The molecular formula is C118H122FN17O8. The lowest BCUT2D eigenvalue weighted by atomic mass is 9.85. The molecule has 8 amide bonds. The first-order chi connectivity index (χ1) is 70.0. The van der Waals surface area contributed by atoms with E-state index in [1.807, 2.05) is 127 Å². The number of carbonyl (C=O) groups excluding carboxylic acids is 7. The topological polar surface area (TPSA) is 280 Å². The number of nitrogens with zero attached hydrogens (tertiary/aromatic N) is 12. The number of fused-ring (bicyclic) bond motifs is 1. The maximum atomic E-state index is 15.6. The van der Waals surface area contributed by atoms with Crippen LogP contribution < -0.4 is 36.0 Å². The lowest BCUT2D eigenvalue weighted by molar-refractivity contribution is 0.0420. The van der Waals surface area contributed by atoms with Crippen molar-refractivity contribution < 1.29 is 42.7 Å². The van der Waals surface area contributed by atoms with Gasteiger partial charge in [0.2, 0.25) is 0 Å². The molecule has 8 saturated heterocycles. The summed E-state index contributed by atoms with van der Waals surface area (Å²) in [5, 5.41) is 11.5. The van der Waals surface area contributed by atoms with Gasteiger partial charge in [0.25, 0.3) is 35.4 Å². The number of terminal acetylenes is 4. The lowest BCUT2D eigenvalue weighted by Gasteiger charge is -2.37. The van der Waals surface area contributed by atoms with Crippen molar-refractivity contribution in [2.24, 2.45) is 0 Å². The molecule has 5 aromatic heterocycles. The van der Waals surface area contributed by atoms with E-state index in [1.54, 1.807) is 84.2 Å². The van der Waals surface area contributed by atoms with Crippen LogP contribution in [0.4, 0.5) is 43.6 Å². The number of hydrogen-bond donors (Lipinski definition) is 5. The number of halogens is 1. The number of rotatable bonds is 18. The summed E-state index contributed by atoms with van der Waals surface area (Å²) in [5.74, 6) is 13.7. The predicted octanol–water partition coefficient (Wildman–Crippen LogP) is 19.4. The minimum atomic E-state index is -1.48. The van der Waals surface area contributed by atoms with Crippen molar-refractivity contribution in [2.75, 3.05) is 135 Å². The quantitative estimate of drug-likeness (QED) is 0.0499. The highest BCUT2D eigenvalue weighted by Gasteiger charge is 2.39. The van der Waals surface area contributed by atoms with Crippen LogP contribution in [0, 0.1) is 77.1 Å². The van der Waals surface area contributed by atoms with E-state index in [0.717, 1.165) is 170 Å². The van der Waals surface area contributed by atoms with Gasteiger partial charge in [-0.15, -0.1) is 25.7 Å². The van der Waals surface area contributed by atoms with E-state index in [4.69, 9.17) is 35.4 Å². The van der Waals surface area contributed by atoms with Crippen LogP contribution in [-0.2, 0) is 10.4 Å². The monoisotopic (exact) mass is 1920 g/mol. The second-order valence-corrected chi connectivity index (χ2v) is 38.5. The average molecular weight is 1930 g/mol. The maximum Gasteiger partial charge on any atom is 0.319 e. The van der Waals surface area contributed by atoms with Gasteiger partial charge in [0.15, 0.2) is 0 Å². The van der Waals surface area contributed by atoms with E-state index in [-0.39, 0.29) is 60.4 Å². The van der Waals surface area contributed by atoms with Crippen molar-refractivity contribution in [2.45, 2.75) is 153 Å². The summed E-state index contributed by atoms with van der Waals surface area (Å²) < 4.78 is 20.8. The van der Waals surface area contributed by atoms with Crippen molar-refractivity contribution >= 4 is 86.9 Å². The van der Waals surface area contributed by atoms with E-state index in [0.29, 0.717) is 138 Å². The standard InChI is InChI=1S/C31H31N5O.C31H32N4O2.C30H31N5O2.C26H28FN3O3/c1-3-22-7-10-23(11-8-22)24-12-16-36(17-13-24)31(37)25-9-6-21(2)26(18-25)30-33-27-19-29(32-20-28(27)34-30)35-14-4-5-15-35;1-3-23-7-10-24(11-8-23)25-14-18-35(19-15-25)31(37)26-9-6-22(2)28(20-26)30(36)33-27-12-13-29(32-21-27)34-16-4-5-17-34;1-3-22-6-8-23(9-7-22)24-12-16-35(17-13-24)30(37)25-18-28(21(2)31-19-25)33-29(36)27-11-10-26(20-32-27)34-14-4-5-15-34;1-3-19-5-8-21(9-6-19)26(27)11-13-30(14-12-26)24(31)20-7-4-18(2)23(16-20)29-25(32)28-22-10-15-33-17-22/h1,6-11,18-20,24H,4-5,12-17H2,2H3,(H,33,34);1,6-13,20-21,25H,4-5,14-19H2,2H3,(H,33,36);1,6-11,18-20,24H,4-5,12-17H2,2H3,(H,33,36);1,4-9,16,22H,10-15,17H2,2H3,(H2,28,29,32)/t;;;22-/m...1/s1. The zero-order valence-corrected chi connectivity index (χ0v) is 82.3. The Labute approximate surface area is 842 Å². The van der Waals surface area contributed by atoms with E-state index >= 15 is 4.39 Å². The summed E-state index contributed by atoms with van der Waals surface area (Å²) in [7, 11) is 0. The number of piperidine rings is 4. The summed E-state index contributed by atoms with van der Waals surface area (Å²) >= 11 is 0. The van der Waals surface area contributed by atoms with Crippen LogP contribution in [-0.4, -0.2) is 202 Å². The van der Waals surface area contributed by atoms with Gasteiger partial charge < -0.3 is 65.3 Å². The van der Waals surface area contributed by atoms with Crippen molar-refractivity contribution in [1.82, 2.24) is 54.8 Å². The molecule has 8 fully saturated rings. The highest BCUT2D eigenvalue weighted by atomic mass is 19.1. The van der Waals surface area contributed by atoms with Crippen molar-refractivity contribution in [3.05, 3.63) is 313 Å². The molecule has 8 aliphatic rings. The number of carbonyl (C=O) groups is 7. The van der Waals surface area contributed by atoms with Crippen LogP contribution in [0.15, 0.2) is 213 Å². The Balaban J connectivity index is 0.000000132. The van der Waals surface area contributed by atoms with Gasteiger partial charge in [-0.25, -0.2) is 29.1 Å². The van der Waals surface area contributed by atoms with Crippen LogP contribution >= 0.6 is 0 Å². The number of imidazole rings is 1. The highest BCUT2D eigenvalue weighted by molar-refractivity contribution is 6.08. The van der Waals surface area contributed by atoms with Crippen LogP contribution in [0.2, 0.25) is 0 Å². The van der Waals surface area contributed by atoms with Crippen LogP contribution in [0.5, 0.6) is 0 Å². The molecule has 12 aromatic rings. The van der Waals surface area contributed by atoms with Gasteiger partial charge >= 0.3 is 6.03 Å². The Bertz CT molecular complexity index is 6810. The first kappa shape index (κ1) is 99.8. The molecule has 7 aromatic carbocycles. The van der Waals surface area contributed by atoms with Gasteiger partial charge in [0.1, 0.15) is 28.8 Å². The van der Waals surface area contributed by atoms with Crippen LogP contribution in [0.3, 0.4) is 0 Å². The Hall–Kier alpha value is -15.8. The van der Waals surface area contributed by atoms with Gasteiger partial charge in [0, 0.05) is 179 Å². The molecule has 25 nitrogen and oxygen atoms in total. The van der Waals surface area contributed by atoms with Crippen molar-refractivity contribution in [3.8, 4) is 60.8 Å². The molecule has 0 unspecified atom stereocenters. The molecular weight excluding hydrogens is 1800 g/mol.